The first-order valence-electron chi connectivity index (χ1n) is 9.85. The number of carbonyl (C=O) groups is 1. The van der Waals surface area contributed by atoms with Crippen LogP contribution in [0, 0.1) is 0 Å². The van der Waals surface area contributed by atoms with E-state index in [1.807, 2.05) is 35.2 Å². The number of aromatic amines is 2. The van der Waals surface area contributed by atoms with Crippen molar-refractivity contribution in [2.24, 2.45) is 0 Å². The molecule has 5 nitrogen and oxygen atoms in total. The third kappa shape index (κ3) is 3.42. The standard InChI is InChI=1S/C23H21ClN4O/c24-18-7-5-16(6-8-18)22-19(14-25-27-22)23(29)28-11-9-15(10-12-28)21-13-17-3-1-2-4-20(17)26-21/h1-8,13-15,26H,9-12H2,(H,25,27). The normalized spacial score (nSPS) is 15.1. The molecule has 29 heavy (non-hydrogen) atoms. The Balaban J connectivity index is 1.30. The molecule has 2 aromatic carbocycles. The molecule has 0 unspecified atom stereocenters. The van der Waals surface area contributed by atoms with E-state index < -0.39 is 0 Å². The SMILES string of the molecule is O=C(c1cn[nH]c1-c1ccc(Cl)cc1)N1CCC(c2cc3ccccc3[nH]2)CC1. The molecule has 2 aromatic heterocycles. The topological polar surface area (TPSA) is 64.8 Å². The first-order chi connectivity index (χ1) is 14.2. The Kier molecular flexibility index (Phi) is 4.60. The minimum atomic E-state index is 0.0267. The highest BCUT2D eigenvalue weighted by Crippen LogP contribution is 2.31. The predicted octanol–water partition coefficient (Wildman–Crippen LogP) is 5.23. The zero-order valence-electron chi connectivity index (χ0n) is 15.9. The van der Waals surface area contributed by atoms with Crippen molar-refractivity contribution in [3.63, 3.8) is 0 Å². The van der Waals surface area contributed by atoms with Gasteiger partial charge in [-0.2, -0.15) is 5.10 Å². The maximum atomic E-state index is 13.1. The highest BCUT2D eigenvalue weighted by molar-refractivity contribution is 6.30. The van der Waals surface area contributed by atoms with Crippen LogP contribution in [-0.2, 0) is 0 Å². The predicted molar refractivity (Wildman–Crippen MR) is 115 cm³/mol. The van der Waals surface area contributed by atoms with Gasteiger partial charge in [0.05, 0.1) is 17.5 Å². The molecule has 0 saturated carbocycles. The zero-order valence-corrected chi connectivity index (χ0v) is 16.6. The summed E-state index contributed by atoms with van der Waals surface area (Å²) in [5.74, 6) is 0.477. The minimum absolute atomic E-state index is 0.0267. The molecular weight excluding hydrogens is 384 g/mol. The molecule has 0 aliphatic carbocycles. The van der Waals surface area contributed by atoms with Gasteiger partial charge in [-0.15, -0.1) is 0 Å². The minimum Gasteiger partial charge on any atom is -0.358 e. The molecule has 2 N–H and O–H groups in total. The molecule has 0 spiro atoms. The van der Waals surface area contributed by atoms with Gasteiger partial charge in [-0.05, 0) is 42.5 Å². The van der Waals surface area contributed by atoms with Crippen molar-refractivity contribution in [1.29, 1.82) is 0 Å². The largest absolute Gasteiger partial charge is 0.358 e. The smallest absolute Gasteiger partial charge is 0.257 e. The number of para-hydroxylation sites is 1. The maximum absolute atomic E-state index is 13.1. The van der Waals surface area contributed by atoms with Crippen molar-refractivity contribution in [3.8, 4) is 11.3 Å². The number of carbonyl (C=O) groups excluding carboxylic acids is 1. The van der Waals surface area contributed by atoms with Crippen LogP contribution >= 0.6 is 11.6 Å². The monoisotopic (exact) mass is 404 g/mol. The second-order valence-electron chi connectivity index (χ2n) is 7.54. The summed E-state index contributed by atoms with van der Waals surface area (Å²) in [7, 11) is 0. The number of fused-ring (bicyclic) bond motifs is 1. The van der Waals surface area contributed by atoms with Gasteiger partial charge in [-0.3, -0.25) is 9.89 Å². The van der Waals surface area contributed by atoms with Crippen molar-refractivity contribution in [3.05, 3.63) is 77.1 Å². The highest BCUT2D eigenvalue weighted by Gasteiger charge is 2.27. The van der Waals surface area contributed by atoms with Crippen LogP contribution in [0.25, 0.3) is 22.2 Å². The number of hydrogen-bond acceptors (Lipinski definition) is 2. The third-order valence-electron chi connectivity index (χ3n) is 5.78. The van der Waals surface area contributed by atoms with Gasteiger partial charge in [-0.1, -0.05) is 41.9 Å². The molecule has 1 fully saturated rings. The number of nitrogens with one attached hydrogen (secondary N) is 2. The Bertz CT molecular complexity index is 1120. The van der Waals surface area contributed by atoms with E-state index in [2.05, 4.69) is 39.4 Å². The first kappa shape index (κ1) is 18.0. The van der Waals surface area contributed by atoms with E-state index in [1.54, 1.807) is 6.20 Å². The number of nitrogens with zero attached hydrogens (tertiary/aromatic N) is 2. The van der Waals surface area contributed by atoms with E-state index in [1.165, 1.54) is 16.6 Å². The lowest BCUT2D eigenvalue weighted by Gasteiger charge is -2.31. The fourth-order valence-electron chi connectivity index (χ4n) is 4.16. The van der Waals surface area contributed by atoms with Crippen molar-refractivity contribution < 1.29 is 4.79 Å². The van der Waals surface area contributed by atoms with Crippen LogP contribution in [0.1, 0.15) is 34.8 Å². The molecule has 4 aromatic rings. The van der Waals surface area contributed by atoms with Crippen LogP contribution < -0.4 is 0 Å². The van der Waals surface area contributed by atoms with E-state index >= 15 is 0 Å². The molecule has 0 radical (unpaired) electrons. The maximum Gasteiger partial charge on any atom is 0.257 e. The molecule has 6 heteroatoms. The van der Waals surface area contributed by atoms with Crippen LogP contribution in [0.5, 0.6) is 0 Å². The second-order valence-corrected chi connectivity index (χ2v) is 7.98. The van der Waals surface area contributed by atoms with E-state index in [0.29, 0.717) is 16.5 Å². The van der Waals surface area contributed by atoms with Gasteiger partial charge in [-0.25, -0.2) is 0 Å². The molecule has 1 saturated heterocycles. The van der Waals surface area contributed by atoms with E-state index in [0.717, 1.165) is 37.2 Å². The van der Waals surface area contributed by atoms with E-state index in [4.69, 9.17) is 11.6 Å². The summed E-state index contributed by atoms with van der Waals surface area (Å²) in [6, 6.07) is 18.0. The summed E-state index contributed by atoms with van der Waals surface area (Å²) in [5.41, 5.74) is 4.69. The Morgan fingerprint density at radius 1 is 1.07 bits per heavy atom. The molecule has 5 rings (SSSR count). The quantitative estimate of drug-likeness (QED) is 0.491. The number of aromatic nitrogens is 3. The van der Waals surface area contributed by atoms with Gasteiger partial charge in [0, 0.05) is 40.8 Å². The number of likely N-dealkylation sites (tertiary alicyclic amines) is 1. The molecule has 0 bridgehead atoms. The summed E-state index contributed by atoms with van der Waals surface area (Å²) in [6.45, 7) is 1.48. The van der Waals surface area contributed by atoms with Gasteiger partial charge in [0.1, 0.15) is 0 Å². The number of piperidine rings is 1. The van der Waals surface area contributed by atoms with Gasteiger partial charge in [0.2, 0.25) is 0 Å². The van der Waals surface area contributed by atoms with Crippen LogP contribution in [-0.4, -0.2) is 39.1 Å². The second kappa shape index (κ2) is 7.41. The lowest BCUT2D eigenvalue weighted by Crippen LogP contribution is -2.38. The first-order valence-corrected chi connectivity index (χ1v) is 10.2. The molecule has 146 valence electrons. The zero-order chi connectivity index (χ0) is 19.8. The molecular formula is C23H21ClN4O. The summed E-state index contributed by atoms with van der Waals surface area (Å²) in [5, 5.41) is 8.99. The molecule has 1 aliphatic heterocycles. The number of benzene rings is 2. The van der Waals surface area contributed by atoms with Crippen molar-refractivity contribution >= 4 is 28.4 Å². The number of rotatable bonds is 3. The lowest BCUT2D eigenvalue weighted by molar-refractivity contribution is 0.0713. The summed E-state index contributed by atoms with van der Waals surface area (Å²) < 4.78 is 0. The van der Waals surface area contributed by atoms with Crippen LogP contribution in [0.2, 0.25) is 5.02 Å². The number of halogens is 1. The third-order valence-corrected chi connectivity index (χ3v) is 6.03. The van der Waals surface area contributed by atoms with Gasteiger partial charge >= 0.3 is 0 Å². The summed E-state index contributed by atoms with van der Waals surface area (Å²) >= 11 is 5.98. The van der Waals surface area contributed by atoms with Crippen molar-refractivity contribution in [1.82, 2.24) is 20.1 Å². The molecule has 3 heterocycles. The highest BCUT2D eigenvalue weighted by atomic mass is 35.5. The molecule has 1 amide bonds. The average molecular weight is 405 g/mol. The number of H-pyrrole nitrogens is 2. The summed E-state index contributed by atoms with van der Waals surface area (Å²) in [6.07, 6.45) is 3.52. The Morgan fingerprint density at radius 2 is 1.83 bits per heavy atom. The van der Waals surface area contributed by atoms with E-state index in [9.17, 15) is 4.79 Å². The van der Waals surface area contributed by atoms with Crippen LogP contribution in [0.15, 0.2) is 60.8 Å². The summed E-state index contributed by atoms with van der Waals surface area (Å²) in [4.78, 5) is 18.6. The van der Waals surface area contributed by atoms with Gasteiger partial charge in [0.25, 0.3) is 5.91 Å². The number of hydrogen-bond donors (Lipinski definition) is 2. The lowest BCUT2D eigenvalue weighted by atomic mass is 9.93. The fraction of sp³-hybridized carbons (Fsp3) is 0.217. The fourth-order valence-corrected chi connectivity index (χ4v) is 4.29. The van der Waals surface area contributed by atoms with Crippen molar-refractivity contribution in [2.75, 3.05) is 13.1 Å². The van der Waals surface area contributed by atoms with Gasteiger partial charge < -0.3 is 9.88 Å². The van der Waals surface area contributed by atoms with Gasteiger partial charge in [0.15, 0.2) is 0 Å². The molecule has 1 aliphatic rings. The van der Waals surface area contributed by atoms with Crippen LogP contribution in [0.3, 0.4) is 0 Å². The van der Waals surface area contributed by atoms with Crippen LogP contribution in [0.4, 0.5) is 0 Å². The van der Waals surface area contributed by atoms with E-state index in [-0.39, 0.29) is 5.91 Å². The number of amides is 1. The Hall–Kier alpha value is -3.05. The Morgan fingerprint density at radius 3 is 2.59 bits per heavy atom. The molecule has 0 atom stereocenters. The average Bonchev–Trinajstić information content (AvgIpc) is 3.41. The van der Waals surface area contributed by atoms with Crippen molar-refractivity contribution in [2.45, 2.75) is 18.8 Å². The Labute approximate surface area is 173 Å².